The summed E-state index contributed by atoms with van der Waals surface area (Å²) in [7, 11) is 0. The summed E-state index contributed by atoms with van der Waals surface area (Å²) in [4.78, 5) is 17.9. The molecule has 0 aromatic carbocycles. The molecule has 2 unspecified atom stereocenters. The number of H-pyrrole nitrogens is 1. The largest absolute Gasteiger partial charge is 0.416 e. The minimum absolute atomic E-state index is 0.00901. The molecule has 1 amide bonds. The Morgan fingerprint density at radius 3 is 2.55 bits per heavy atom. The molecule has 1 rings (SSSR count). The third kappa shape index (κ3) is 2.95. The van der Waals surface area contributed by atoms with Crippen LogP contribution in [-0.2, 0) is 11.2 Å². The molecule has 20 heavy (non-hydrogen) atoms. The van der Waals surface area contributed by atoms with Crippen LogP contribution in [0.4, 0.5) is 13.2 Å². The SMILES string of the molecule is CCCCc1cnc(C(C)C(N)(C(N)=O)C(F)(F)F)[nH]1. The van der Waals surface area contributed by atoms with E-state index >= 15 is 0 Å². The van der Waals surface area contributed by atoms with Gasteiger partial charge in [-0.2, -0.15) is 13.2 Å². The highest BCUT2D eigenvalue weighted by Gasteiger charge is 2.61. The number of alkyl halides is 3. The minimum Gasteiger partial charge on any atom is -0.368 e. The van der Waals surface area contributed by atoms with Crippen molar-refractivity contribution in [2.24, 2.45) is 11.5 Å². The lowest BCUT2D eigenvalue weighted by Crippen LogP contribution is -2.65. The van der Waals surface area contributed by atoms with Crippen molar-refractivity contribution >= 4 is 5.91 Å². The van der Waals surface area contributed by atoms with E-state index in [1.54, 1.807) is 0 Å². The van der Waals surface area contributed by atoms with Crippen LogP contribution in [0, 0.1) is 0 Å². The second kappa shape index (κ2) is 5.82. The molecule has 8 heteroatoms. The van der Waals surface area contributed by atoms with Crippen molar-refractivity contribution < 1.29 is 18.0 Å². The van der Waals surface area contributed by atoms with Gasteiger partial charge >= 0.3 is 6.18 Å². The van der Waals surface area contributed by atoms with Crippen LogP contribution in [-0.4, -0.2) is 27.6 Å². The Bertz CT molecular complexity index is 472. The third-order valence-corrected chi connectivity index (χ3v) is 3.42. The number of unbranched alkanes of at least 4 members (excludes halogenated alkanes) is 1. The van der Waals surface area contributed by atoms with Crippen LogP contribution < -0.4 is 11.5 Å². The molecule has 0 spiro atoms. The van der Waals surface area contributed by atoms with Crippen molar-refractivity contribution in [3.05, 3.63) is 17.7 Å². The first-order valence-electron chi connectivity index (χ1n) is 6.33. The van der Waals surface area contributed by atoms with Gasteiger partial charge in [-0.1, -0.05) is 20.3 Å². The molecule has 5 nitrogen and oxygen atoms in total. The van der Waals surface area contributed by atoms with Crippen LogP contribution in [0.5, 0.6) is 0 Å². The van der Waals surface area contributed by atoms with Crippen molar-refractivity contribution in [2.75, 3.05) is 0 Å². The second-order valence-corrected chi connectivity index (χ2v) is 4.85. The summed E-state index contributed by atoms with van der Waals surface area (Å²) in [6, 6.07) is 0. The summed E-state index contributed by atoms with van der Waals surface area (Å²) in [5.74, 6) is -3.01. The fourth-order valence-electron chi connectivity index (χ4n) is 1.91. The number of hydrogen-bond acceptors (Lipinski definition) is 3. The lowest BCUT2D eigenvalue weighted by molar-refractivity contribution is -0.194. The van der Waals surface area contributed by atoms with Crippen molar-refractivity contribution in [2.45, 2.75) is 50.7 Å². The standard InChI is InChI=1S/C12H19F3N4O/c1-3-4-5-8-6-18-9(19-8)7(2)11(17,10(16)20)12(13,14)15/h6-7H,3-5,17H2,1-2H3,(H2,16,20)(H,18,19). The number of hydrogen-bond donors (Lipinski definition) is 3. The maximum atomic E-state index is 13.0. The quantitative estimate of drug-likeness (QED) is 0.742. The summed E-state index contributed by atoms with van der Waals surface area (Å²) in [6.07, 6.45) is -0.974. The Morgan fingerprint density at radius 2 is 2.10 bits per heavy atom. The predicted octanol–water partition coefficient (Wildman–Crippen LogP) is 1.60. The van der Waals surface area contributed by atoms with Gasteiger partial charge in [0.1, 0.15) is 5.82 Å². The summed E-state index contributed by atoms with van der Waals surface area (Å²) >= 11 is 0. The number of nitrogens with two attached hydrogens (primary N) is 2. The van der Waals surface area contributed by atoms with Gasteiger partial charge < -0.3 is 16.5 Å². The first kappa shape index (κ1) is 16.5. The molecule has 1 aromatic rings. The molecule has 1 aromatic heterocycles. The molecule has 0 bridgehead atoms. The molecule has 0 aliphatic carbocycles. The van der Waals surface area contributed by atoms with E-state index in [4.69, 9.17) is 11.5 Å². The number of primary amides is 1. The predicted molar refractivity (Wildman–Crippen MR) is 67.8 cm³/mol. The molecular formula is C12H19F3N4O. The summed E-state index contributed by atoms with van der Waals surface area (Å²) in [6.45, 7) is 3.18. The minimum atomic E-state index is -4.95. The number of aromatic amines is 1. The third-order valence-electron chi connectivity index (χ3n) is 3.42. The van der Waals surface area contributed by atoms with Gasteiger partial charge in [0.2, 0.25) is 11.4 Å². The van der Waals surface area contributed by atoms with E-state index in [0.717, 1.165) is 12.8 Å². The summed E-state index contributed by atoms with van der Waals surface area (Å²) < 4.78 is 39.1. The first-order valence-corrected chi connectivity index (χ1v) is 6.33. The average Bonchev–Trinajstić information content (AvgIpc) is 2.81. The molecule has 0 aliphatic rings. The number of rotatable bonds is 6. The van der Waals surface area contributed by atoms with Gasteiger partial charge in [0.25, 0.3) is 0 Å². The molecule has 0 saturated carbocycles. The number of halogens is 3. The van der Waals surface area contributed by atoms with Crippen LogP contribution >= 0.6 is 0 Å². The van der Waals surface area contributed by atoms with Gasteiger partial charge in [-0.3, -0.25) is 4.79 Å². The highest BCUT2D eigenvalue weighted by molar-refractivity contribution is 5.86. The van der Waals surface area contributed by atoms with Crippen molar-refractivity contribution in [1.82, 2.24) is 9.97 Å². The fraction of sp³-hybridized carbons (Fsp3) is 0.667. The Kier molecular flexibility index (Phi) is 4.80. The molecule has 1 heterocycles. The van der Waals surface area contributed by atoms with E-state index in [2.05, 4.69) is 9.97 Å². The Balaban J connectivity index is 3.05. The normalized spacial score (nSPS) is 16.7. The van der Waals surface area contributed by atoms with E-state index in [9.17, 15) is 18.0 Å². The zero-order valence-corrected chi connectivity index (χ0v) is 11.4. The van der Waals surface area contributed by atoms with Gasteiger partial charge in [0.05, 0.1) is 5.92 Å². The van der Waals surface area contributed by atoms with E-state index in [1.807, 2.05) is 6.92 Å². The highest BCUT2D eigenvalue weighted by atomic mass is 19.4. The van der Waals surface area contributed by atoms with Crippen LogP contribution in [0.25, 0.3) is 0 Å². The van der Waals surface area contributed by atoms with Crippen molar-refractivity contribution in [3.8, 4) is 0 Å². The number of imidazole rings is 1. The first-order chi connectivity index (χ1) is 9.14. The van der Waals surface area contributed by atoms with E-state index in [-0.39, 0.29) is 5.82 Å². The van der Waals surface area contributed by atoms with Crippen LogP contribution in [0.3, 0.4) is 0 Å². The number of nitrogens with zero attached hydrogens (tertiary/aromatic N) is 1. The zero-order valence-electron chi connectivity index (χ0n) is 11.4. The molecule has 114 valence electrons. The molecule has 5 N–H and O–H groups in total. The van der Waals surface area contributed by atoms with Gasteiger partial charge in [-0.25, -0.2) is 4.98 Å². The van der Waals surface area contributed by atoms with E-state index in [1.165, 1.54) is 13.1 Å². The molecule has 0 fully saturated rings. The molecule has 2 atom stereocenters. The average molecular weight is 292 g/mol. The molecule has 0 aliphatic heterocycles. The smallest absolute Gasteiger partial charge is 0.368 e. The van der Waals surface area contributed by atoms with Crippen LogP contribution in [0.15, 0.2) is 6.20 Å². The van der Waals surface area contributed by atoms with E-state index < -0.39 is 23.5 Å². The van der Waals surface area contributed by atoms with E-state index in [0.29, 0.717) is 12.1 Å². The maximum absolute atomic E-state index is 13.0. The number of aromatic nitrogens is 2. The Labute approximate surface area is 114 Å². The number of amides is 1. The highest BCUT2D eigenvalue weighted by Crippen LogP contribution is 2.38. The van der Waals surface area contributed by atoms with Gasteiger partial charge in [0.15, 0.2) is 0 Å². The summed E-state index contributed by atoms with van der Waals surface area (Å²) in [5.41, 5.74) is 7.66. The van der Waals surface area contributed by atoms with Crippen LogP contribution in [0.2, 0.25) is 0 Å². The monoisotopic (exact) mass is 292 g/mol. The molecule has 0 saturated heterocycles. The number of carbonyl (C=O) groups excluding carboxylic acids is 1. The van der Waals surface area contributed by atoms with Crippen molar-refractivity contribution in [1.29, 1.82) is 0 Å². The lowest BCUT2D eigenvalue weighted by Gasteiger charge is -2.33. The Hall–Kier alpha value is -1.57. The van der Waals surface area contributed by atoms with Gasteiger partial charge in [-0.15, -0.1) is 0 Å². The lowest BCUT2D eigenvalue weighted by atomic mass is 9.84. The topological polar surface area (TPSA) is 97.8 Å². The number of aryl methyl sites for hydroxylation is 1. The molecular weight excluding hydrogens is 273 g/mol. The van der Waals surface area contributed by atoms with Gasteiger partial charge in [0, 0.05) is 11.9 Å². The maximum Gasteiger partial charge on any atom is 0.416 e. The van der Waals surface area contributed by atoms with Crippen LogP contribution in [0.1, 0.15) is 44.1 Å². The number of nitrogens with one attached hydrogen (secondary N) is 1. The summed E-state index contributed by atoms with van der Waals surface area (Å²) in [5, 5.41) is 0. The Morgan fingerprint density at radius 1 is 1.50 bits per heavy atom. The number of carbonyl (C=O) groups is 1. The molecule has 0 radical (unpaired) electrons. The zero-order chi connectivity index (χ0) is 15.6. The van der Waals surface area contributed by atoms with Gasteiger partial charge in [-0.05, 0) is 12.8 Å². The van der Waals surface area contributed by atoms with Crippen molar-refractivity contribution in [3.63, 3.8) is 0 Å². The second-order valence-electron chi connectivity index (χ2n) is 4.85. The fourth-order valence-corrected chi connectivity index (χ4v) is 1.91.